The molecule has 154 valence electrons. The highest BCUT2D eigenvalue weighted by Crippen LogP contribution is 2.38. The van der Waals surface area contributed by atoms with E-state index in [-0.39, 0.29) is 17.5 Å². The molecule has 2 aromatic rings. The molecule has 1 amide bonds. The summed E-state index contributed by atoms with van der Waals surface area (Å²) in [5.41, 5.74) is 3.28. The van der Waals surface area contributed by atoms with Crippen LogP contribution in [0.25, 0.3) is 0 Å². The van der Waals surface area contributed by atoms with Gasteiger partial charge in [0.15, 0.2) is 0 Å². The Morgan fingerprint density at radius 1 is 1.24 bits per heavy atom. The van der Waals surface area contributed by atoms with Crippen LogP contribution in [0.4, 0.5) is 24.5 Å². The Hall–Kier alpha value is -3.37. The van der Waals surface area contributed by atoms with Crippen molar-refractivity contribution in [1.29, 1.82) is 0 Å². The number of benzene rings is 1. The van der Waals surface area contributed by atoms with E-state index in [0.717, 1.165) is 12.1 Å². The molecular weight excluding hydrogens is 393 g/mol. The number of nitrogens with zero attached hydrogens (tertiary/aromatic N) is 3. The van der Waals surface area contributed by atoms with Gasteiger partial charge in [0.25, 0.3) is 11.6 Å². The molecule has 1 fully saturated rings. The number of rotatable bonds is 5. The van der Waals surface area contributed by atoms with Gasteiger partial charge in [-0.05, 0) is 18.2 Å². The predicted octanol–water partition coefficient (Wildman–Crippen LogP) is 3.16. The smallest absolute Gasteiger partial charge is 0.423 e. The maximum atomic E-state index is 13.2. The van der Waals surface area contributed by atoms with Gasteiger partial charge >= 0.3 is 6.18 Å². The average molecular weight is 410 g/mol. The number of carbonyl (C=O) groups excluding carboxylic acids is 1. The number of ether oxygens (including phenoxy) is 1. The highest BCUT2D eigenvalue weighted by molar-refractivity contribution is 5.91. The lowest BCUT2D eigenvalue weighted by atomic mass is 10.1. The minimum absolute atomic E-state index is 0.0745. The van der Waals surface area contributed by atoms with E-state index in [2.05, 4.69) is 4.98 Å². The second-order valence-corrected chi connectivity index (χ2v) is 6.50. The Kier molecular flexibility index (Phi) is 5.57. The maximum Gasteiger partial charge on any atom is 0.423 e. The number of primary amides is 1. The van der Waals surface area contributed by atoms with Crippen molar-refractivity contribution in [2.45, 2.75) is 25.1 Å². The third-order valence-electron chi connectivity index (χ3n) is 4.58. The van der Waals surface area contributed by atoms with Crippen LogP contribution in [0.1, 0.15) is 28.9 Å². The van der Waals surface area contributed by atoms with E-state index in [1.165, 1.54) is 18.3 Å². The largest absolute Gasteiger partial charge is 0.490 e. The van der Waals surface area contributed by atoms with Crippen molar-refractivity contribution in [3.8, 4) is 5.75 Å². The number of carbonyl (C=O) groups is 1. The lowest BCUT2D eigenvalue weighted by molar-refractivity contribution is -0.388. The maximum absolute atomic E-state index is 13.2. The monoisotopic (exact) mass is 410 g/mol. The summed E-state index contributed by atoms with van der Waals surface area (Å²) in [6.07, 6.45) is -2.58. The van der Waals surface area contributed by atoms with Gasteiger partial charge in [-0.25, -0.2) is 0 Å². The molecule has 29 heavy (non-hydrogen) atoms. The summed E-state index contributed by atoms with van der Waals surface area (Å²) in [7, 11) is 0. The van der Waals surface area contributed by atoms with Crippen LogP contribution in [0.2, 0.25) is 0 Å². The van der Waals surface area contributed by atoms with E-state index in [0.29, 0.717) is 31.7 Å². The normalized spacial score (nSPS) is 15.2. The molecule has 0 saturated carbocycles. The Morgan fingerprint density at radius 3 is 2.52 bits per heavy atom. The van der Waals surface area contributed by atoms with Crippen molar-refractivity contribution in [3.05, 3.63) is 57.9 Å². The van der Waals surface area contributed by atoms with Crippen LogP contribution >= 0.6 is 0 Å². The average Bonchev–Trinajstić information content (AvgIpc) is 2.67. The molecule has 0 bridgehead atoms. The summed E-state index contributed by atoms with van der Waals surface area (Å²) in [5.74, 6) is -0.245. The van der Waals surface area contributed by atoms with Gasteiger partial charge in [0, 0.05) is 49.9 Å². The zero-order chi connectivity index (χ0) is 21.2. The number of pyridine rings is 1. The Labute approximate surface area is 163 Å². The Balaban J connectivity index is 1.68. The van der Waals surface area contributed by atoms with Gasteiger partial charge in [-0.15, -0.1) is 0 Å². The van der Waals surface area contributed by atoms with E-state index in [1.807, 2.05) is 0 Å². The SMILES string of the molecule is NC(=O)c1cc(OC2CCN(c3ccc([N+](=O)[O-])c(C(F)(F)F)c3)CC2)ccn1. The van der Waals surface area contributed by atoms with E-state index in [1.54, 1.807) is 11.0 Å². The van der Waals surface area contributed by atoms with Crippen molar-refractivity contribution in [1.82, 2.24) is 4.98 Å². The first-order chi connectivity index (χ1) is 13.6. The number of anilines is 1. The molecule has 1 aliphatic heterocycles. The van der Waals surface area contributed by atoms with E-state index >= 15 is 0 Å². The van der Waals surface area contributed by atoms with E-state index in [9.17, 15) is 28.1 Å². The van der Waals surface area contributed by atoms with Crippen molar-refractivity contribution < 1.29 is 27.6 Å². The van der Waals surface area contributed by atoms with Gasteiger partial charge in [0.2, 0.25) is 0 Å². The summed E-state index contributed by atoms with van der Waals surface area (Å²) in [5, 5.41) is 10.9. The van der Waals surface area contributed by atoms with Gasteiger partial charge in [0.1, 0.15) is 23.1 Å². The number of aromatic nitrogens is 1. The second kappa shape index (κ2) is 7.94. The number of alkyl halides is 3. The highest BCUT2D eigenvalue weighted by Gasteiger charge is 2.39. The molecule has 11 heteroatoms. The van der Waals surface area contributed by atoms with Gasteiger partial charge in [0.05, 0.1) is 4.92 Å². The van der Waals surface area contributed by atoms with Gasteiger partial charge < -0.3 is 15.4 Å². The predicted molar refractivity (Wildman–Crippen MR) is 96.7 cm³/mol. The molecule has 0 unspecified atom stereocenters. The lowest BCUT2D eigenvalue weighted by Crippen LogP contribution is -2.38. The molecule has 3 rings (SSSR count). The number of hydrogen-bond acceptors (Lipinski definition) is 6. The van der Waals surface area contributed by atoms with E-state index in [4.69, 9.17) is 10.5 Å². The molecule has 1 saturated heterocycles. The van der Waals surface area contributed by atoms with Crippen LogP contribution in [0.15, 0.2) is 36.5 Å². The molecule has 8 nitrogen and oxygen atoms in total. The van der Waals surface area contributed by atoms with Crippen LogP contribution in [-0.2, 0) is 6.18 Å². The quantitative estimate of drug-likeness (QED) is 0.599. The Morgan fingerprint density at radius 2 is 1.93 bits per heavy atom. The van der Waals surface area contributed by atoms with Gasteiger partial charge in [-0.2, -0.15) is 13.2 Å². The van der Waals surface area contributed by atoms with Crippen LogP contribution in [-0.4, -0.2) is 35.0 Å². The fourth-order valence-electron chi connectivity index (χ4n) is 3.15. The van der Waals surface area contributed by atoms with Crippen molar-refractivity contribution in [3.63, 3.8) is 0 Å². The lowest BCUT2D eigenvalue weighted by Gasteiger charge is -2.34. The van der Waals surface area contributed by atoms with Crippen molar-refractivity contribution in [2.24, 2.45) is 5.73 Å². The number of halogens is 3. The Bertz CT molecular complexity index is 928. The molecular formula is C18H17F3N4O4. The van der Waals surface area contributed by atoms with Crippen LogP contribution < -0.4 is 15.4 Å². The highest BCUT2D eigenvalue weighted by atomic mass is 19.4. The first-order valence-electron chi connectivity index (χ1n) is 8.68. The summed E-state index contributed by atoms with van der Waals surface area (Å²) in [4.78, 5) is 26.6. The van der Waals surface area contributed by atoms with Crippen LogP contribution in [0, 0.1) is 10.1 Å². The zero-order valence-corrected chi connectivity index (χ0v) is 15.1. The minimum atomic E-state index is -4.82. The minimum Gasteiger partial charge on any atom is -0.490 e. The molecule has 2 heterocycles. The third-order valence-corrected chi connectivity index (χ3v) is 4.58. The topological polar surface area (TPSA) is 112 Å². The number of nitrogens with two attached hydrogens (primary N) is 1. The molecule has 1 aliphatic rings. The molecule has 0 aliphatic carbocycles. The van der Waals surface area contributed by atoms with Crippen molar-refractivity contribution >= 4 is 17.3 Å². The molecule has 0 atom stereocenters. The molecule has 2 N–H and O–H groups in total. The molecule has 1 aromatic carbocycles. The second-order valence-electron chi connectivity index (χ2n) is 6.50. The fourth-order valence-corrected chi connectivity index (χ4v) is 3.15. The molecule has 0 spiro atoms. The summed E-state index contributed by atoms with van der Waals surface area (Å²) >= 11 is 0. The van der Waals surface area contributed by atoms with E-state index < -0.39 is 28.3 Å². The number of amides is 1. The molecule has 1 aromatic heterocycles. The standard InChI is InChI=1S/C18H17F3N4O4/c19-18(20,21)14-9-11(1-2-16(14)25(27)28)24-7-4-12(5-8-24)29-13-3-6-23-15(10-13)17(22)26/h1-3,6,9-10,12H,4-5,7-8H2,(H2,22,26). The first-order valence-corrected chi connectivity index (χ1v) is 8.68. The third kappa shape index (κ3) is 4.73. The van der Waals surface area contributed by atoms with Gasteiger partial charge in [-0.3, -0.25) is 19.9 Å². The zero-order valence-electron chi connectivity index (χ0n) is 15.1. The first kappa shape index (κ1) is 20.4. The van der Waals surface area contributed by atoms with Crippen LogP contribution in [0.5, 0.6) is 5.75 Å². The molecule has 0 radical (unpaired) electrons. The van der Waals surface area contributed by atoms with Crippen molar-refractivity contribution in [2.75, 3.05) is 18.0 Å². The fraction of sp³-hybridized carbons (Fsp3) is 0.333. The summed E-state index contributed by atoms with van der Waals surface area (Å²) in [6.45, 7) is 0.821. The number of nitro groups is 1. The summed E-state index contributed by atoms with van der Waals surface area (Å²) in [6, 6.07) is 6.02. The number of nitro benzene ring substituents is 1. The number of hydrogen-bond donors (Lipinski definition) is 1. The van der Waals surface area contributed by atoms with Crippen LogP contribution in [0.3, 0.4) is 0 Å². The number of piperidine rings is 1. The summed E-state index contributed by atoms with van der Waals surface area (Å²) < 4.78 is 45.3. The van der Waals surface area contributed by atoms with Gasteiger partial charge in [-0.1, -0.05) is 0 Å².